The number of halogens is 1. The van der Waals surface area contributed by atoms with E-state index >= 15 is 0 Å². The lowest BCUT2D eigenvalue weighted by atomic mass is 10.0. The van der Waals surface area contributed by atoms with Crippen LogP contribution < -0.4 is 16.1 Å². The quantitative estimate of drug-likeness (QED) is 0.0978. The molecular formula is C47H43ClN8O8. The summed E-state index contributed by atoms with van der Waals surface area (Å²) in [6, 6.07) is 23.9. The molecule has 2 fully saturated rings. The smallest absolute Gasteiger partial charge is 0.407 e. The average Bonchev–Trinajstić information content (AvgIpc) is 4.18. The van der Waals surface area contributed by atoms with Gasteiger partial charge in [0.15, 0.2) is 0 Å². The number of nitrogens with zero attached hydrogens (tertiary/aromatic N) is 4. The fraction of sp³-hybridized carbons (Fsp3) is 0.255. The maximum atomic E-state index is 14.1. The van der Waals surface area contributed by atoms with E-state index in [9.17, 15) is 24.0 Å². The zero-order valence-corrected chi connectivity index (χ0v) is 35.6. The van der Waals surface area contributed by atoms with Gasteiger partial charge < -0.3 is 44.3 Å². The van der Waals surface area contributed by atoms with Crippen LogP contribution >= 0.6 is 11.6 Å². The Balaban J connectivity index is 0.957. The summed E-state index contributed by atoms with van der Waals surface area (Å²) in [5.41, 5.74) is 4.12. The molecule has 17 heteroatoms. The van der Waals surface area contributed by atoms with Crippen LogP contribution in [0.5, 0.6) is 0 Å². The van der Waals surface area contributed by atoms with Gasteiger partial charge in [0.25, 0.3) is 11.8 Å². The number of fused-ring (bicyclic) bond motifs is 2. The number of carbonyl (C=O) groups excluding carboxylic acids is 4. The molecule has 64 heavy (non-hydrogen) atoms. The van der Waals surface area contributed by atoms with Crippen molar-refractivity contribution in [1.82, 2.24) is 40.4 Å². The van der Waals surface area contributed by atoms with Crippen LogP contribution in [0.2, 0.25) is 5.02 Å². The van der Waals surface area contributed by atoms with Crippen LogP contribution in [0.25, 0.3) is 44.5 Å². The third-order valence-electron chi connectivity index (χ3n) is 11.9. The predicted octanol–water partition coefficient (Wildman–Crippen LogP) is 7.90. The van der Waals surface area contributed by atoms with Crippen molar-refractivity contribution in [1.29, 1.82) is 0 Å². The molecule has 0 aliphatic carbocycles. The van der Waals surface area contributed by atoms with Crippen LogP contribution in [0.1, 0.15) is 72.6 Å². The molecule has 2 aliphatic rings. The Kier molecular flexibility index (Phi) is 11.6. The number of aromatic nitrogens is 4. The Hall–Kier alpha value is -7.46. The van der Waals surface area contributed by atoms with Crippen LogP contribution in [0, 0.1) is 0 Å². The van der Waals surface area contributed by atoms with E-state index in [0.29, 0.717) is 92.8 Å². The Morgan fingerprint density at radius 1 is 0.703 bits per heavy atom. The first kappa shape index (κ1) is 41.9. The van der Waals surface area contributed by atoms with Gasteiger partial charge in [-0.15, -0.1) is 0 Å². The zero-order chi connectivity index (χ0) is 44.5. The molecule has 3 aromatic heterocycles. The second-order valence-electron chi connectivity index (χ2n) is 15.7. The lowest BCUT2D eigenvalue weighted by Gasteiger charge is -2.28. The molecule has 4 N–H and O–H groups in total. The highest BCUT2D eigenvalue weighted by molar-refractivity contribution is 6.34. The first-order valence-electron chi connectivity index (χ1n) is 20.8. The van der Waals surface area contributed by atoms with Crippen molar-refractivity contribution in [3.8, 4) is 22.5 Å². The second-order valence-corrected chi connectivity index (χ2v) is 16.1. The van der Waals surface area contributed by atoms with E-state index in [2.05, 4.69) is 30.6 Å². The summed E-state index contributed by atoms with van der Waals surface area (Å²) in [5, 5.41) is 6.28. The largest absolute Gasteiger partial charge is 0.456 e. The number of rotatable bonds is 10. The van der Waals surface area contributed by atoms with E-state index in [1.165, 1.54) is 14.2 Å². The number of alkyl carbamates (subject to hydrolysis) is 2. The zero-order valence-electron chi connectivity index (χ0n) is 34.8. The Morgan fingerprint density at radius 2 is 1.22 bits per heavy atom. The number of nitrogens with one attached hydrogen (secondary N) is 4. The summed E-state index contributed by atoms with van der Waals surface area (Å²) in [6.07, 6.45) is 4.67. The molecule has 4 unspecified atom stereocenters. The number of aromatic amines is 2. The molecule has 0 radical (unpaired) electrons. The van der Waals surface area contributed by atoms with E-state index in [-0.39, 0.29) is 28.7 Å². The van der Waals surface area contributed by atoms with Gasteiger partial charge in [0, 0.05) is 24.2 Å². The highest BCUT2D eigenvalue weighted by Gasteiger charge is 2.38. The Bertz CT molecular complexity index is 2950. The minimum absolute atomic E-state index is 0.275. The number of methoxy groups -OCH3 is 2. The van der Waals surface area contributed by atoms with Gasteiger partial charge in [-0.3, -0.25) is 14.4 Å². The molecule has 0 bridgehead atoms. The Morgan fingerprint density at radius 3 is 1.77 bits per heavy atom. The SMILES string of the molecule is COC(=O)NC(C(=O)N1CCCC1c1ncc(-c2ccc3oc4cc(-c5cnc(C6CCCN6C(=O)C(NC(=O)OC)c6ccccc6)[nH]5)c(Cl)cc4c(=O)c3c2)[nH]1)c1ccccc1. The number of H-pyrrole nitrogens is 2. The van der Waals surface area contributed by atoms with E-state index in [1.807, 2.05) is 18.2 Å². The molecular weight excluding hydrogens is 840 g/mol. The first-order chi connectivity index (χ1) is 31.1. The van der Waals surface area contributed by atoms with Gasteiger partial charge in [-0.2, -0.15) is 0 Å². The van der Waals surface area contributed by atoms with Crippen molar-refractivity contribution in [3.63, 3.8) is 0 Å². The molecule has 0 saturated carbocycles. The molecule has 9 rings (SSSR count). The van der Waals surface area contributed by atoms with E-state index in [0.717, 1.165) is 12.8 Å². The van der Waals surface area contributed by atoms with Crippen LogP contribution in [0.4, 0.5) is 9.59 Å². The summed E-state index contributed by atoms with van der Waals surface area (Å²) < 4.78 is 16.0. The summed E-state index contributed by atoms with van der Waals surface area (Å²) in [5.74, 6) is 0.562. The van der Waals surface area contributed by atoms with Crippen molar-refractivity contribution in [2.75, 3.05) is 27.3 Å². The van der Waals surface area contributed by atoms with Gasteiger partial charge >= 0.3 is 12.2 Å². The summed E-state index contributed by atoms with van der Waals surface area (Å²) >= 11 is 6.88. The van der Waals surface area contributed by atoms with Crippen molar-refractivity contribution in [2.24, 2.45) is 0 Å². The van der Waals surface area contributed by atoms with E-state index < -0.39 is 30.3 Å². The fourth-order valence-electron chi connectivity index (χ4n) is 8.73. The number of amides is 4. The number of hydrogen-bond donors (Lipinski definition) is 4. The average molecular weight is 883 g/mol. The predicted molar refractivity (Wildman–Crippen MR) is 237 cm³/mol. The van der Waals surface area contributed by atoms with Gasteiger partial charge in [0.2, 0.25) is 5.43 Å². The molecule has 16 nitrogen and oxygen atoms in total. The molecule has 4 amide bonds. The topological polar surface area (TPSA) is 205 Å². The van der Waals surface area contributed by atoms with Crippen molar-refractivity contribution >= 4 is 57.5 Å². The van der Waals surface area contributed by atoms with Gasteiger partial charge in [0.1, 0.15) is 34.9 Å². The molecule has 2 aliphatic heterocycles. The molecule has 0 spiro atoms. The molecule has 7 aromatic rings. The number of benzene rings is 4. The lowest BCUT2D eigenvalue weighted by Crippen LogP contribution is -2.42. The van der Waals surface area contributed by atoms with Crippen LogP contribution in [-0.4, -0.2) is 81.0 Å². The Labute approximate surface area is 370 Å². The standard InChI is InChI=1S/C47H43ClN8O8/c1-62-46(60)53-39(26-11-5-3-6-12-26)44(58)55-19-9-15-35(55)42-49-24-33(51-42)28-17-18-37-30(21-28)41(57)31-22-32(48)29(23-38(31)64-37)34-25-50-43(52-34)36-16-10-20-56(36)45(59)40(54-47(61)63-2)27-13-7-4-8-14-27/h3-8,11-14,17-18,21-25,35-36,39-40H,9-10,15-16,19-20H2,1-2H3,(H,49,51)(H,50,52)(H,53,60)(H,54,61). The van der Waals surface area contributed by atoms with Crippen molar-refractivity contribution in [3.05, 3.63) is 141 Å². The second kappa shape index (κ2) is 17.7. The molecule has 326 valence electrons. The van der Waals surface area contributed by atoms with Crippen molar-refractivity contribution < 1.29 is 33.1 Å². The number of ether oxygens (including phenoxy) is 2. The number of carbonyl (C=O) groups is 4. The molecule has 5 heterocycles. The fourth-order valence-corrected chi connectivity index (χ4v) is 8.99. The number of imidazole rings is 2. The van der Waals surface area contributed by atoms with Gasteiger partial charge in [-0.05, 0) is 67.1 Å². The maximum Gasteiger partial charge on any atom is 0.407 e. The number of hydrogen-bond acceptors (Lipinski definition) is 10. The highest BCUT2D eigenvalue weighted by atomic mass is 35.5. The molecule has 4 atom stereocenters. The van der Waals surface area contributed by atoms with Gasteiger partial charge in [-0.1, -0.05) is 72.3 Å². The maximum absolute atomic E-state index is 14.1. The van der Waals surface area contributed by atoms with E-state index in [4.69, 9.17) is 25.5 Å². The minimum Gasteiger partial charge on any atom is -0.456 e. The van der Waals surface area contributed by atoms with E-state index in [1.54, 1.807) is 95.0 Å². The first-order valence-corrected chi connectivity index (χ1v) is 21.2. The minimum atomic E-state index is -0.956. The third kappa shape index (κ3) is 8.03. The van der Waals surface area contributed by atoms with Gasteiger partial charge in [0.05, 0.1) is 65.9 Å². The van der Waals surface area contributed by atoms with Gasteiger partial charge in [-0.25, -0.2) is 19.6 Å². The summed E-state index contributed by atoms with van der Waals surface area (Å²) in [6.45, 7) is 0.951. The lowest BCUT2D eigenvalue weighted by molar-refractivity contribution is -0.135. The highest BCUT2D eigenvalue weighted by Crippen LogP contribution is 2.38. The van der Waals surface area contributed by atoms with Crippen LogP contribution in [-0.2, 0) is 19.1 Å². The molecule has 2 saturated heterocycles. The summed E-state index contributed by atoms with van der Waals surface area (Å²) in [7, 11) is 2.50. The number of likely N-dealkylation sites (tertiary alicyclic amines) is 2. The third-order valence-corrected chi connectivity index (χ3v) is 12.2. The molecule has 4 aromatic carbocycles. The van der Waals surface area contributed by atoms with Crippen LogP contribution in [0.15, 0.2) is 113 Å². The van der Waals surface area contributed by atoms with Crippen LogP contribution in [0.3, 0.4) is 0 Å². The monoisotopic (exact) mass is 882 g/mol. The normalized spacial score (nSPS) is 17.0. The van der Waals surface area contributed by atoms with Crippen molar-refractivity contribution in [2.45, 2.75) is 49.9 Å². The summed E-state index contributed by atoms with van der Waals surface area (Å²) in [4.78, 5) is 86.1.